The second-order valence-corrected chi connectivity index (χ2v) is 6.43. The van der Waals surface area contributed by atoms with Gasteiger partial charge in [-0.15, -0.1) is 0 Å². The van der Waals surface area contributed by atoms with Crippen molar-refractivity contribution in [1.82, 2.24) is 4.98 Å². The van der Waals surface area contributed by atoms with Gasteiger partial charge in [0.15, 0.2) is 6.61 Å². The predicted octanol–water partition coefficient (Wildman–Crippen LogP) is 3.62. The zero-order valence-electron chi connectivity index (χ0n) is 13.8. The van der Waals surface area contributed by atoms with Crippen LogP contribution in [-0.2, 0) is 14.9 Å². The molecule has 3 rings (SSSR count). The summed E-state index contributed by atoms with van der Waals surface area (Å²) >= 11 is 0. The number of hydrogen-bond acceptors (Lipinski definition) is 3. The van der Waals surface area contributed by atoms with E-state index < -0.39 is 11.4 Å². The monoisotopic (exact) mass is 329 g/mol. The summed E-state index contributed by atoms with van der Waals surface area (Å²) in [6.07, 6.45) is 2.23. The third-order valence-electron chi connectivity index (χ3n) is 4.78. The van der Waals surface area contributed by atoms with E-state index in [0.717, 1.165) is 23.4 Å². The molecular formula is C19H20FNO3. The fourth-order valence-electron chi connectivity index (χ4n) is 3.27. The van der Waals surface area contributed by atoms with E-state index in [0.29, 0.717) is 18.4 Å². The molecule has 0 bridgehead atoms. The Morgan fingerprint density at radius 2 is 1.88 bits per heavy atom. The maximum Gasteiger partial charge on any atom is 0.317 e. The number of ether oxygens (including phenoxy) is 1. The first-order chi connectivity index (χ1) is 11.4. The summed E-state index contributed by atoms with van der Waals surface area (Å²) in [4.78, 5) is 27.9. The van der Waals surface area contributed by atoms with Crippen LogP contribution in [0.5, 0.6) is 0 Å². The molecule has 1 fully saturated rings. The van der Waals surface area contributed by atoms with Gasteiger partial charge >= 0.3 is 5.97 Å². The van der Waals surface area contributed by atoms with Gasteiger partial charge in [0.1, 0.15) is 5.82 Å². The molecule has 1 N–H and O–H groups in total. The number of rotatable bonds is 5. The number of esters is 1. The number of benzene rings is 1. The van der Waals surface area contributed by atoms with Crippen molar-refractivity contribution in [1.29, 1.82) is 0 Å². The van der Waals surface area contributed by atoms with Crippen LogP contribution in [0.3, 0.4) is 0 Å². The highest BCUT2D eigenvalue weighted by molar-refractivity contribution is 5.99. The number of nitrogens with one attached hydrogen (secondary N) is 1. The van der Waals surface area contributed by atoms with E-state index in [2.05, 4.69) is 4.98 Å². The molecular weight excluding hydrogens is 309 g/mol. The van der Waals surface area contributed by atoms with E-state index in [9.17, 15) is 14.0 Å². The van der Waals surface area contributed by atoms with Gasteiger partial charge in [0, 0.05) is 17.0 Å². The van der Waals surface area contributed by atoms with E-state index in [1.54, 1.807) is 18.2 Å². The zero-order valence-corrected chi connectivity index (χ0v) is 13.8. The van der Waals surface area contributed by atoms with Gasteiger partial charge in [0.25, 0.3) is 0 Å². The highest BCUT2D eigenvalue weighted by Gasteiger charge is 2.47. The van der Waals surface area contributed by atoms with Crippen LogP contribution >= 0.6 is 0 Å². The number of H-pyrrole nitrogens is 1. The van der Waals surface area contributed by atoms with Crippen LogP contribution in [0.15, 0.2) is 30.3 Å². The van der Waals surface area contributed by atoms with Gasteiger partial charge in [-0.05, 0) is 50.5 Å². The van der Waals surface area contributed by atoms with Gasteiger partial charge in [0.2, 0.25) is 5.78 Å². The molecule has 1 saturated carbocycles. The minimum atomic E-state index is -0.739. The first-order valence-electron chi connectivity index (χ1n) is 8.05. The molecule has 0 unspecified atom stereocenters. The van der Waals surface area contributed by atoms with Gasteiger partial charge in [-0.2, -0.15) is 0 Å². The lowest BCUT2D eigenvalue weighted by molar-refractivity contribution is -0.153. The lowest BCUT2D eigenvalue weighted by atomic mass is 9.64. The Hall–Kier alpha value is -2.43. The Labute approximate surface area is 140 Å². The molecule has 4 nitrogen and oxygen atoms in total. The molecule has 24 heavy (non-hydrogen) atoms. The van der Waals surface area contributed by atoms with Crippen molar-refractivity contribution >= 4 is 11.8 Å². The number of halogens is 1. The van der Waals surface area contributed by atoms with E-state index >= 15 is 0 Å². The fourth-order valence-corrected chi connectivity index (χ4v) is 3.27. The summed E-state index contributed by atoms with van der Waals surface area (Å²) in [5.41, 5.74) is 2.22. The highest BCUT2D eigenvalue weighted by Crippen LogP contribution is 2.44. The predicted molar refractivity (Wildman–Crippen MR) is 87.5 cm³/mol. The van der Waals surface area contributed by atoms with Crippen LogP contribution in [-0.4, -0.2) is 23.3 Å². The molecule has 1 aromatic heterocycles. The van der Waals surface area contributed by atoms with E-state index in [4.69, 9.17) is 4.74 Å². The van der Waals surface area contributed by atoms with Crippen molar-refractivity contribution < 1.29 is 18.7 Å². The molecule has 0 saturated heterocycles. The van der Waals surface area contributed by atoms with E-state index in [1.807, 2.05) is 13.8 Å². The molecule has 0 amide bonds. The smallest absolute Gasteiger partial charge is 0.317 e. The molecule has 0 radical (unpaired) electrons. The van der Waals surface area contributed by atoms with E-state index in [1.165, 1.54) is 12.1 Å². The van der Waals surface area contributed by atoms with E-state index in [-0.39, 0.29) is 18.2 Å². The normalized spacial score (nSPS) is 15.6. The third-order valence-corrected chi connectivity index (χ3v) is 4.78. The van der Waals surface area contributed by atoms with Crippen molar-refractivity contribution in [2.45, 2.75) is 38.5 Å². The summed E-state index contributed by atoms with van der Waals surface area (Å²) in [7, 11) is 0. The summed E-state index contributed by atoms with van der Waals surface area (Å²) in [5.74, 6) is -0.965. The standard InChI is InChI=1S/C19H20FNO3/c1-12-10-16(13(2)21-12)17(22)11-24-18(23)19(8-3-9-19)14-4-6-15(20)7-5-14/h4-7,10,21H,3,8-9,11H2,1-2H3. The first-order valence-corrected chi connectivity index (χ1v) is 8.05. The summed E-state index contributed by atoms with van der Waals surface area (Å²) in [6.45, 7) is 3.40. The number of hydrogen-bond donors (Lipinski definition) is 1. The Balaban J connectivity index is 1.70. The van der Waals surface area contributed by atoms with Crippen LogP contribution in [0, 0.1) is 19.7 Å². The molecule has 1 aliphatic carbocycles. The van der Waals surface area contributed by atoms with Crippen LogP contribution in [0.2, 0.25) is 0 Å². The SMILES string of the molecule is Cc1cc(C(=O)COC(=O)C2(c3ccc(F)cc3)CCC2)c(C)[nH]1. The van der Waals surface area contributed by atoms with Crippen LogP contribution in [0.4, 0.5) is 4.39 Å². The van der Waals surface area contributed by atoms with Crippen molar-refractivity contribution in [2.24, 2.45) is 0 Å². The van der Waals surface area contributed by atoms with Crippen LogP contribution in [0.25, 0.3) is 0 Å². The highest BCUT2D eigenvalue weighted by atomic mass is 19.1. The molecule has 126 valence electrons. The van der Waals surface area contributed by atoms with Gasteiger partial charge in [-0.3, -0.25) is 9.59 Å². The number of carbonyl (C=O) groups is 2. The van der Waals surface area contributed by atoms with Crippen molar-refractivity contribution in [3.8, 4) is 0 Å². The zero-order chi connectivity index (χ0) is 17.3. The number of aryl methyl sites for hydroxylation is 2. The second kappa shape index (κ2) is 6.23. The second-order valence-electron chi connectivity index (χ2n) is 6.43. The Morgan fingerprint density at radius 1 is 1.21 bits per heavy atom. The Morgan fingerprint density at radius 3 is 2.38 bits per heavy atom. The first kappa shape index (κ1) is 16.4. The average Bonchev–Trinajstić information content (AvgIpc) is 2.84. The molecule has 2 aromatic rings. The summed E-state index contributed by atoms with van der Waals surface area (Å²) in [5, 5.41) is 0. The summed E-state index contributed by atoms with van der Waals surface area (Å²) in [6, 6.07) is 7.69. The van der Waals surface area contributed by atoms with Crippen molar-refractivity contribution in [3.63, 3.8) is 0 Å². The molecule has 1 heterocycles. The molecule has 1 aliphatic rings. The molecule has 5 heteroatoms. The number of carbonyl (C=O) groups excluding carboxylic acids is 2. The average molecular weight is 329 g/mol. The molecule has 1 aromatic carbocycles. The minimum Gasteiger partial charge on any atom is -0.457 e. The number of aromatic amines is 1. The van der Waals surface area contributed by atoms with Gasteiger partial charge in [-0.25, -0.2) is 4.39 Å². The fraction of sp³-hybridized carbons (Fsp3) is 0.368. The third kappa shape index (κ3) is 2.86. The molecule has 0 atom stereocenters. The number of ketones is 1. The van der Waals surface area contributed by atoms with Crippen LogP contribution in [0.1, 0.15) is 46.6 Å². The Bertz CT molecular complexity index is 772. The molecule has 0 spiro atoms. The van der Waals surface area contributed by atoms with Gasteiger partial charge in [0.05, 0.1) is 5.41 Å². The lowest BCUT2D eigenvalue weighted by Gasteiger charge is -2.39. The largest absolute Gasteiger partial charge is 0.457 e. The minimum absolute atomic E-state index is 0.223. The maximum atomic E-state index is 13.1. The van der Waals surface area contributed by atoms with Gasteiger partial charge < -0.3 is 9.72 Å². The number of aromatic nitrogens is 1. The van der Waals surface area contributed by atoms with Gasteiger partial charge in [-0.1, -0.05) is 18.6 Å². The Kier molecular flexibility index (Phi) is 4.26. The molecule has 0 aliphatic heterocycles. The van der Waals surface area contributed by atoms with Crippen LogP contribution < -0.4 is 0 Å². The van der Waals surface area contributed by atoms with Crippen molar-refractivity contribution in [3.05, 3.63) is 58.7 Å². The topological polar surface area (TPSA) is 59.2 Å². The maximum absolute atomic E-state index is 13.1. The van der Waals surface area contributed by atoms with Crippen molar-refractivity contribution in [2.75, 3.05) is 6.61 Å². The quantitative estimate of drug-likeness (QED) is 0.673. The lowest BCUT2D eigenvalue weighted by Crippen LogP contribution is -2.44. The summed E-state index contributed by atoms with van der Waals surface area (Å²) < 4.78 is 18.4. The number of Topliss-reactive ketones (excluding diaryl/α,β-unsaturated/α-hetero) is 1.